The van der Waals surface area contributed by atoms with Crippen molar-refractivity contribution < 1.29 is 9.15 Å². The molecule has 1 aromatic heterocycles. The van der Waals surface area contributed by atoms with Gasteiger partial charge in [0.15, 0.2) is 0 Å². The third kappa shape index (κ3) is 2.28. The summed E-state index contributed by atoms with van der Waals surface area (Å²) in [7, 11) is 0. The number of ether oxygens (including phenoxy) is 1. The van der Waals surface area contributed by atoms with Gasteiger partial charge in [-0.1, -0.05) is 0 Å². The number of nitrogens with zero attached hydrogens (tertiary/aromatic N) is 2. The van der Waals surface area contributed by atoms with Crippen LogP contribution in [0.25, 0.3) is 0 Å². The molecule has 1 fully saturated rings. The van der Waals surface area contributed by atoms with Crippen molar-refractivity contribution in [1.29, 1.82) is 0 Å². The van der Waals surface area contributed by atoms with E-state index in [1.54, 1.807) is 0 Å². The van der Waals surface area contributed by atoms with Gasteiger partial charge in [0.2, 0.25) is 11.8 Å². The maximum atomic E-state index is 5.49. The van der Waals surface area contributed by atoms with Crippen molar-refractivity contribution in [3.8, 4) is 0 Å². The van der Waals surface area contributed by atoms with Crippen molar-refractivity contribution >= 4 is 0 Å². The molecule has 0 saturated carbocycles. The first kappa shape index (κ1) is 8.69. The van der Waals surface area contributed by atoms with Crippen LogP contribution in [-0.2, 0) is 11.2 Å². The molecule has 1 atom stereocenters. The number of aromatic nitrogens is 2. The smallest absolute Gasteiger partial charge is 0.216 e. The van der Waals surface area contributed by atoms with Crippen LogP contribution in [-0.4, -0.2) is 22.9 Å². The zero-order valence-electron chi connectivity index (χ0n) is 7.82. The Labute approximate surface area is 77.3 Å². The van der Waals surface area contributed by atoms with E-state index in [0.29, 0.717) is 12.0 Å². The quantitative estimate of drug-likeness (QED) is 0.710. The highest BCUT2D eigenvalue weighted by Gasteiger charge is 2.16. The molecule has 1 unspecified atom stereocenters. The Hall–Kier alpha value is -0.900. The molecule has 4 heteroatoms. The predicted molar refractivity (Wildman–Crippen MR) is 46.3 cm³/mol. The van der Waals surface area contributed by atoms with Gasteiger partial charge >= 0.3 is 0 Å². The highest BCUT2D eigenvalue weighted by atomic mass is 16.5. The first-order chi connectivity index (χ1) is 6.34. The lowest BCUT2D eigenvalue weighted by Crippen LogP contribution is -2.06. The largest absolute Gasteiger partial charge is 0.426 e. The number of rotatable bonds is 3. The Morgan fingerprint density at radius 1 is 1.46 bits per heavy atom. The van der Waals surface area contributed by atoms with E-state index >= 15 is 0 Å². The SMILES string of the molecule is Cc1nnc(CCC2CCCO2)o1. The normalized spacial score (nSPS) is 22.4. The summed E-state index contributed by atoms with van der Waals surface area (Å²) in [6.45, 7) is 2.72. The van der Waals surface area contributed by atoms with Crippen LogP contribution in [0, 0.1) is 6.92 Å². The standard InChI is InChI=1S/C9H14N2O2/c1-7-10-11-9(13-7)5-4-8-3-2-6-12-8/h8H,2-6H2,1H3. The second-order valence-electron chi connectivity index (χ2n) is 3.39. The first-order valence-corrected chi connectivity index (χ1v) is 4.75. The second kappa shape index (κ2) is 3.87. The van der Waals surface area contributed by atoms with Crippen molar-refractivity contribution in [2.45, 2.75) is 38.7 Å². The van der Waals surface area contributed by atoms with Crippen LogP contribution in [0.2, 0.25) is 0 Å². The van der Waals surface area contributed by atoms with Crippen LogP contribution in [0.15, 0.2) is 4.42 Å². The highest BCUT2D eigenvalue weighted by molar-refractivity contribution is 4.80. The average Bonchev–Trinajstić information content (AvgIpc) is 2.71. The van der Waals surface area contributed by atoms with E-state index in [4.69, 9.17) is 9.15 Å². The molecule has 0 bridgehead atoms. The van der Waals surface area contributed by atoms with Gasteiger partial charge in [0, 0.05) is 20.0 Å². The fourth-order valence-corrected chi connectivity index (χ4v) is 1.60. The summed E-state index contributed by atoms with van der Waals surface area (Å²) >= 11 is 0. The van der Waals surface area contributed by atoms with Crippen LogP contribution in [0.1, 0.15) is 31.0 Å². The summed E-state index contributed by atoms with van der Waals surface area (Å²) in [5.41, 5.74) is 0. The number of hydrogen-bond acceptors (Lipinski definition) is 4. The molecule has 1 aliphatic rings. The molecule has 0 spiro atoms. The van der Waals surface area contributed by atoms with Crippen LogP contribution in [0.3, 0.4) is 0 Å². The minimum atomic E-state index is 0.409. The third-order valence-electron chi connectivity index (χ3n) is 2.27. The summed E-state index contributed by atoms with van der Waals surface area (Å²) in [6, 6.07) is 0. The van der Waals surface area contributed by atoms with Gasteiger partial charge in [0.1, 0.15) is 0 Å². The summed E-state index contributed by atoms with van der Waals surface area (Å²) in [6.07, 6.45) is 4.61. The lowest BCUT2D eigenvalue weighted by atomic mass is 10.1. The maximum Gasteiger partial charge on any atom is 0.216 e. The van der Waals surface area contributed by atoms with Crippen molar-refractivity contribution in [1.82, 2.24) is 10.2 Å². The van der Waals surface area contributed by atoms with Gasteiger partial charge in [-0.25, -0.2) is 0 Å². The molecule has 1 aliphatic heterocycles. The third-order valence-corrected chi connectivity index (χ3v) is 2.27. The van der Waals surface area contributed by atoms with Gasteiger partial charge in [-0.15, -0.1) is 10.2 Å². The van der Waals surface area contributed by atoms with E-state index in [2.05, 4.69) is 10.2 Å². The molecule has 0 radical (unpaired) electrons. The monoisotopic (exact) mass is 182 g/mol. The van der Waals surface area contributed by atoms with Crippen LogP contribution < -0.4 is 0 Å². The summed E-state index contributed by atoms with van der Waals surface area (Å²) in [5.74, 6) is 1.37. The lowest BCUT2D eigenvalue weighted by Gasteiger charge is -2.05. The fraction of sp³-hybridized carbons (Fsp3) is 0.778. The van der Waals surface area contributed by atoms with Gasteiger partial charge in [-0.2, -0.15) is 0 Å². The molecule has 0 aliphatic carbocycles. The molecule has 0 N–H and O–H groups in total. The Bertz CT molecular complexity index is 266. The van der Waals surface area contributed by atoms with Gasteiger partial charge < -0.3 is 9.15 Å². The minimum Gasteiger partial charge on any atom is -0.426 e. The predicted octanol–water partition coefficient (Wildman–Crippen LogP) is 1.49. The highest BCUT2D eigenvalue weighted by Crippen LogP contribution is 2.17. The lowest BCUT2D eigenvalue weighted by molar-refractivity contribution is 0.103. The van der Waals surface area contributed by atoms with Gasteiger partial charge in [0.25, 0.3) is 0 Å². The molecule has 0 amide bonds. The summed E-state index contributed by atoms with van der Waals surface area (Å²) in [5, 5.41) is 7.71. The molecule has 72 valence electrons. The second-order valence-corrected chi connectivity index (χ2v) is 3.39. The van der Waals surface area contributed by atoms with E-state index in [9.17, 15) is 0 Å². The van der Waals surface area contributed by atoms with Crippen LogP contribution in [0.4, 0.5) is 0 Å². The van der Waals surface area contributed by atoms with E-state index in [-0.39, 0.29) is 0 Å². The van der Waals surface area contributed by atoms with Crippen molar-refractivity contribution in [2.75, 3.05) is 6.61 Å². The molecular weight excluding hydrogens is 168 g/mol. The van der Waals surface area contributed by atoms with E-state index < -0.39 is 0 Å². The van der Waals surface area contributed by atoms with Gasteiger partial charge in [-0.3, -0.25) is 0 Å². The first-order valence-electron chi connectivity index (χ1n) is 4.75. The topological polar surface area (TPSA) is 48.2 Å². The van der Waals surface area contributed by atoms with Crippen molar-refractivity contribution in [3.05, 3.63) is 11.8 Å². The molecule has 0 aromatic carbocycles. The summed E-state index contributed by atoms with van der Waals surface area (Å²) < 4.78 is 10.8. The summed E-state index contributed by atoms with van der Waals surface area (Å²) in [4.78, 5) is 0. The maximum absolute atomic E-state index is 5.49. The minimum absolute atomic E-state index is 0.409. The fourth-order valence-electron chi connectivity index (χ4n) is 1.60. The van der Waals surface area contributed by atoms with Gasteiger partial charge in [-0.05, 0) is 19.3 Å². The Kier molecular flexibility index (Phi) is 2.59. The van der Waals surface area contributed by atoms with Crippen molar-refractivity contribution in [2.24, 2.45) is 0 Å². The Morgan fingerprint density at radius 2 is 2.38 bits per heavy atom. The Balaban J connectivity index is 1.78. The Morgan fingerprint density at radius 3 is 3.00 bits per heavy atom. The van der Waals surface area contributed by atoms with E-state index in [0.717, 1.165) is 25.3 Å². The molecular formula is C9H14N2O2. The number of hydrogen-bond donors (Lipinski definition) is 0. The van der Waals surface area contributed by atoms with E-state index in [1.807, 2.05) is 6.92 Å². The van der Waals surface area contributed by atoms with E-state index in [1.165, 1.54) is 12.8 Å². The molecule has 4 nitrogen and oxygen atoms in total. The molecule has 1 aromatic rings. The molecule has 2 rings (SSSR count). The zero-order chi connectivity index (χ0) is 9.10. The van der Waals surface area contributed by atoms with Crippen LogP contribution in [0.5, 0.6) is 0 Å². The van der Waals surface area contributed by atoms with Crippen LogP contribution >= 0.6 is 0 Å². The van der Waals surface area contributed by atoms with Crippen molar-refractivity contribution in [3.63, 3.8) is 0 Å². The zero-order valence-corrected chi connectivity index (χ0v) is 7.82. The molecule has 13 heavy (non-hydrogen) atoms. The average molecular weight is 182 g/mol. The number of aryl methyl sites for hydroxylation is 2. The molecule has 1 saturated heterocycles. The van der Waals surface area contributed by atoms with Gasteiger partial charge in [0.05, 0.1) is 6.10 Å². The molecule has 2 heterocycles.